The molecule has 0 aliphatic carbocycles. The number of hydrogen-bond acceptors (Lipinski definition) is 9. The molecule has 1 aromatic carbocycles. The Labute approximate surface area is 197 Å². The van der Waals surface area contributed by atoms with Crippen LogP contribution in [-0.4, -0.2) is 65.3 Å². The molecular formula is C24H26N6O4. The van der Waals surface area contributed by atoms with Gasteiger partial charge in [0.2, 0.25) is 0 Å². The molecule has 3 aromatic rings. The molecule has 2 atom stereocenters. The topological polar surface area (TPSA) is 114 Å². The Kier molecular flexibility index (Phi) is 6.47. The van der Waals surface area contributed by atoms with E-state index in [1.165, 1.54) is 11.7 Å². The van der Waals surface area contributed by atoms with Crippen LogP contribution < -0.4 is 15.3 Å². The zero-order valence-corrected chi connectivity index (χ0v) is 19.6. The van der Waals surface area contributed by atoms with Crippen LogP contribution >= 0.6 is 0 Å². The standard InChI is InChI=1S/C24H26N6O4/c1-15-14-29(21(23(31)34-4)16-5-8-18(33-3)9-6-16)11-12-30(15)22-20-19(28(2)24(32)27-22)10-7-17(13-25)26-20/h5-10,15,21H,11-12,14H2,1-4H3. The fourth-order valence-electron chi connectivity index (χ4n) is 4.40. The first-order valence-corrected chi connectivity index (χ1v) is 10.9. The maximum atomic E-state index is 12.7. The molecule has 1 aliphatic heterocycles. The van der Waals surface area contributed by atoms with Crippen molar-refractivity contribution < 1.29 is 14.3 Å². The van der Waals surface area contributed by atoms with Crippen molar-refractivity contribution in [2.75, 3.05) is 38.8 Å². The van der Waals surface area contributed by atoms with Gasteiger partial charge in [-0.05, 0) is 36.8 Å². The van der Waals surface area contributed by atoms with Gasteiger partial charge in [0.25, 0.3) is 0 Å². The summed E-state index contributed by atoms with van der Waals surface area (Å²) in [4.78, 5) is 38.1. The number of anilines is 1. The van der Waals surface area contributed by atoms with Crippen LogP contribution in [0.1, 0.15) is 24.2 Å². The molecule has 4 rings (SSSR count). The number of fused-ring (bicyclic) bond motifs is 1. The number of aromatic nitrogens is 3. The number of carbonyl (C=O) groups is 1. The second-order valence-electron chi connectivity index (χ2n) is 8.19. The number of hydrogen-bond donors (Lipinski definition) is 0. The van der Waals surface area contributed by atoms with E-state index < -0.39 is 11.7 Å². The molecule has 1 aliphatic rings. The van der Waals surface area contributed by atoms with Gasteiger partial charge in [0.1, 0.15) is 29.1 Å². The van der Waals surface area contributed by atoms with Gasteiger partial charge >= 0.3 is 11.7 Å². The van der Waals surface area contributed by atoms with Crippen LogP contribution in [0.15, 0.2) is 41.2 Å². The molecule has 2 unspecified atom stereocenters. The van der Waals surface area contributed by atoms with E-state index in [0.717, 1.165) is 5.56 Å². The van der Waals surface area contributed by atoms with Gasteiger partial charge in [-0.2, -0.15) is 10.2 Å². The van der Waals surface area contributed by atoms with Crippen molar-refractivity contribution in [2.24, 2.45) is 7.05 Å². The predicted molar refractivity (Wildman–Crippen MR) is 126 cm³/mol. The van der Waals surface area contributed by atoms with E-state index in [-0.39, 0.29) is 17.7 Å². The number of ether oxygens (including phenoxy) is 2. The molecule has 1 saturated heterocycles. The number of pyridine rings is 1. The minimum absolute atomic E-state index is 0.0884. The lowest BCUT2D eigenvalue weighted by Gasteiger charge is -2.43. The van der Waals surface area contributed by atoms with Crippen LogP contribution in [0, 0.1) is 11.3 Å². The molecule has 176 valence electrons. The second-order valence-corrected chi connectivity index (χ2v) is 8.19. The van der Waals surface area contributed by atoms with Gasteiger partial charge < -0.3 is 14.4 Å². The molecule has 0 amide bonds. The normalized spacial score (nSPS) is 17.3. The summed E-state index contributed by atoms with van der Waals surface area (Å²) in [5.74, 6) is 0.808. The number of piperazine rings is 1. The highest BCUT2D eigenvalue weighted by molar-refractivity contribution is 5.86. The van der Waals surface area contributed by atoms with Crippen molar-refractivity contribution in [3.8, 4) is 11.8 Å². The highest BCUT2D eigenvalue weighted by Crippen LogP contribution is 2.30. The average molecular weight is 463 g/mol. The summed E-state index contributed by atoms with van der Waals surface area (Å²) in [6, 6.07) is 12.0. The Balaban J connectivity index is 1.67. The molecule has 0 bridgehead atoms. The van der Waals surface area contributed by atoms with Gasteiger partial charge in [0, 0.05) is 32.7 Å². The SMILES string of the molecule is COC(=O)C(c1ccc(OC)cc1)N1CCN(c2nc(=O)n(C)c3ccc(C#N)nc23)C(C)C1. The third-order valence-corrected chi connectivity index (χ3v) is 6.20. The number of nitrogens with zero attached hydrogens (tertiary/aromatic N) is 6. The van der Waals surface area contributed by atoms with Gasteiger partial charge in [-0.15, -0.1) is 0 Å². The van der Waals surface area contributed by atoms with Crippen molar-refractivity contribution in [1.29, 1.82) is 5.26 Å². The Morgan fingerprint density at radius 3 is 2.50 bits per heavy atom. The minimum atomic E-state index is -0.572. The van der Waals surface area contributed by atoms with Crippen molar-refractivity contribution in [3.05, 3.63) is 58.1 Å². The zero-order valence-electron chi connectivity index (χ0n) is 19.6. The van der Waals surface area contributed by atoms with E-state index in [1.54, 1.807) is 26.3 Å². The van der Waals surface area contributed by atoms with Crippen LogP contribution in [0.25, 0.3) is 11.0 Å². The number of methoxy groups -OCH3 is 2. The number of aryl methyl sites for hydroxylation is 1. The highest BCUT2D eigenvalue weighted by atomic mass is 16.5. The number of carbonyl (C=O) groups excluding carboxylic acids is 1. The summed E-state index contributed by atoms with van der Waals surface area (Å²) in [7, 11) is 4.61. The Morgan fingerprint density at radius 2 is 1.88 bits per heavy atom. The minimum Gasteiger partial charge on any atom is -0.497 e. The Hall–Kier alpha value is -3.97. The predicted octanol–water partition coefficient (Wildman–Crippen LogP) is 1.63. The van der Waals surface area contributed by atoms with E-state index in [9.17, 15) is 14.9 Å². The van der Waals surface area contributed by atoms with Crippen LogP contribution in [0.3, 0.4) is 0 Å². The van der Waals surface area contributed by atoms with Crippen molar-refractivity contribution >= 4 is 22.8 Å². The molecule has 2 aromatic heterocycles. The molecule has 0 spiro atoms. The number of rotatable bonds is 5. The van der Waals surface area contributed by atoms with E-state index in [4.69, 9.17) is 9.47 Å². The van der Waals surface area contributed by atoms with Crippen molar-refractivity contribution in [3.63, 3.8) is 0 Å². The molecule has 10 nitrogen and oxygen atoms in total. The summed E-state index contributed by atoms with van der Waals surface area (Å²) in [5, 5.41) is 9.31. The first kappa shape index (κ1) is 23.2. The lowest BCUT2D eigenvalue weighted by atomic mass is 10.0. The maximum absolute atomic E-state index is 12.7. The molecule has 0 saturated carbocycles. The molecule has 10 heteroatoms. The fourth-order valence-corrected chi connectivity index (χ4v) is 4.40. The molecule has 1 fully saturated rings. The Bertz CT molecular complexity index is 1310. The second kappa shape index (κ2) is 9.49. The summed E-state index contributed by atoms with van der Waals surface area (Å²) < 4.78 is 11.8. The summed E-state index contributed by atoms with van der Waals surface area (Å²) >= 11 is 0. The summed E-state index contributed by atoms with van der Waals surface area (Å²) in [6.07, 6.45) is 0. The zero-order chi connectivity index (χ0) is 24.4. The van der Waals surface area contributed by atoms with Gasteiger partial charge in [0.15, 0.2) is 5.82 Å². The monoisotopic (exact) mass is 462 g/mol. The summed E-state index contributed by atoms with van der Waals surface area (Å²) in [5.41, 5.74) is 1.78. The largest absolute Gasteiger partial charge is 0.497 e. The third-order valence-electron chi connectivity index (χ3n) is 6.20. The number of benzene rings is 1. The van der Waals surface area contributed by atoms with Crippen LogP contribution in [0.2, 0.25) is 0 Å². The van der Waals surface area contributed by atoms with Crippen molar-refractivity contribution in [1.82, 2.24) is 19.4 Å². The lowest BCUT2D eigenvalue weighted by Crippen LogP contribution is -2.54. The smallest absolute Gasteiger partial charge is 0.349 e. The fraction of sp³-hybridized carbons (Fsp3) is 0.375. The first-order chi connectivity index (χ1) is 16.4. The molecule has 0 N–H and O–H groups in total. The van der Waals surface area contributed by atoms with Crippen LogP contribution in [0.4, 0.5) is 5.82 Å². The Morgan fingerprint density at radius 1 is 1.15 bits per heavy atom. The molecule has 0 radical (unpaired) electrons. The summed E-state index contributed by atoms with van der Waals surface area (Å²) in [6.45, 7) is 3.58. The van der Waals surface area contributed by atoms with Gasteiger partial charge in [-0.25, -0.2) is 14.6 Å². The maximum Gasteiger partial charge on any atom is 0.349 e. The first-order valence-electron chi connectivity index (χ1n) is 10.9. The molecule has 34 heavy (non-hydrogen) atoms. The van der Waals surface area contributed by atoms with E-state index >= 15 is 0 Å². The quantitative estimate of drug-likeness (QED) is 0.522. The number of nitriles is 1. The van der Waals surface area contributed by atoms with Crippen LogP contribution in [-0.2, 0) is 16.6 Å². The van der Waals surface area contributed by atoms with E-state index in [1.807, 2.05) is 42.2 Å². The highest BCUT2D eigenvalue weighted by Gasteiger charge is 2.35. The average Bonchev–Trinajstić information content (AvgIpc) is 2.86. The number of esters is 1. The third kappa shape index (κ3) is 4.18. The van der Waals surface area contributed by atoms with Crippen LogP contribution in [0.5, 0.6) is 5.75 Å². The van der Waals surface area contributed by atoms with E-state index in [0.29, 0.717) is 42.2 Å². The van der Waals surface area contributed by atoms with Crippen molar-refractivity contribution in [2.45, 2.75) is 19.0 Å². The van der Waals surface area contributed by atoms with Gasteiger partial charge in [-0.1, -0.05) is 12.1 Å². The van der Waals surface area contributed by atoms with E-state index in [2.05, 4.69) is 14.9 Å². The van der Waals surface area contributed by atoms with Gasteiger partial charge in [0.05, 0.1) is 19.7 Å². The molecule has 3 heterocycles. The molecular weight excluding hydrogens is 436 g/mol. The van der Waals surface area contributed by atoms with Gasteiger partial charge in [-0.3, -0.25) is 9.47 Å². The lowest BCUT2D eigenvalue weighted by molar-refractivity contribution is -0.147.